The molecule has 3 aromatic rings. The molecule has 0 amide bonds. The second-order valence-electron chi connectivity index (χ2n) is 5.98. The van der Waals surface area contributed by atoms with Crippen molar-refractivity contribution in [3.63, 3.8) is 0 Å². The molecular weight excluding hydrogens is 390 g/mol. The van der Waals surface area contributed by atoms with E-state index in [4.69, 9.17) is 9.47 Å². The largest absolute Gasteiger partial charge is 0.454 e. The molecule has 4 rings (SSSR count). The maximum absolute atomic E-state index is 13.2. The summed E-state index contributed by atoms with van der Waals surface area (Å²) >= 11 is 0. The number of pyridine rings is 1. The minimum Gasteiger partial charge on any atom is -0.454 e. The summed E-state index contributed by atoms with van der Waals surface area (Å²) in [5.74, 6) is 0.884. The van der Waals surface area contributed by atoms with Gasteiger partial charge in [-0.15, -0.1) is 0 Å². The molecule has 4 nitrogen and oxygen atoms in total. The summed E-state index contributed by atoms with van der Waals surface area (Å²) in [6.45, 7) is 0.0232. The maximum atomic E-state index is 13.2. The van der Waals surface area contributed by atoms with Gasteiger partial charge in [-0.1, -0.05) is 6.07 Å². The van der Waals surface area contributed by atoms with Gasteiger partial charge in [0.2, 0.25) is 6.79 Å². The van der Waals surface area contributed by atoms with Gasteiger partial charge in [-0.3, -0.25) is 0 Å². The number of rotatable bonds is 2. The quantitative estimate of drug-likeness (QED) is 0.557. The summed E-state index contributed by atoms with van der Waals surface area (Å²) in [5, 5.41) is 2.90. The summed E-state index contributed by atoms with van der Waals surface area (Å²) in [7, 11) is 0. The van der Waals surface area contributed by atoms with Crippen LogP contribution in [0.4, 0.5) is 37.7 Å². The Balaban J connectivity index is 1.83. The number of halogens is 6. The van der Waals surface area contributed by atoms with Gasteiger partial charge in [0, 0.05) is 17.1 Å². The number of ether oxygens (including phenoxy) is 2. The number of benzene rings is 2. The van der Waals surface area contributed by atoms with Crippen LogP contribution < -0.4 is 14.8 Å². The number of anilines is 2. The van der Waals surface area contributed by atoms with E-state index in [1.165, 1.54) is 6.07 Å². The zero-order valence-electron chi connectivity index (χ0n) is 13.8. The highest BCUT2D eigenvalue weighted by Crippen LogP contribution is 2.39. The molecule has 0 aliphatic carbocycles. The number of aromatic nitrogens is 1. The van der Waals surface area contributed by atoms with E-state index in [0.717, 1.165) is 18.2 Å². The molecule has 0 radical (unpaired) electrons. The second-order valence-corrected chi connectivity index (χ2v) is 5.98. The van der Waals surface area contributed by atoms with Crippen LogP contribution in [0.1, 0.15) is 11.3 Å². The van der Waals surface area contributed by atoms with Gasteiger partial charge >= 0.3 is 12.4 Å². The zero-order valence-corrected chi connectivity index (χ0v) is 13.8. The topological polar surface area (TPSA) is 43.4 Å². The van der Waals surface area contributed by atoms with Crippen LogP contribution in [0.3, 0.4) is 0 Å². The number of alkyl halides is 6. The fourth-order valence-corrected chi connectivity index (χ4v) is 2.78. The van der Waals surface area contributed by atoms with Crippen LogP contribution in [0.25, 0.3) is 10.9 Å². The first kappa shape index (κ1) is 18.2. The van der Waals surface area contributed by atoms with Crippen molar-refractivity contribution in [1.29, 1.82) is 0 Å². The van der Waals surface area contributed by atoms with Crippen molar-refractivity contribution in [3.05, 3.63) is 53.7 Å². The molecule has 1 aliphatic heterocycles. The van der Waals surface area contributed by atoms with E-state index < -0.39 is 29.1 Å². The third-order valence-corrected chi connectivity index (χ3v) is 4.08. The Bertz CT molecular complexity index is 1060. The zero-order chi connectivity index (χ0) is 20.1. The standard InChI is InChI=1S/C18H10F6N2O2/c19-17(20,21)9-1-3-11-12(5-9)26-16(18(22,23)24)7-13(11)25-10-2-4-14-15(6-10)28-8-27-14/h1-7H,8H2,(H,25,26). The molecule has 0 saturated carbocycles. The molecule has 0 saturated heterocycles. The molecule has 0 spiro atoms. The average Bonchev–Trinajstić information content (AvgIpc) is 3.07. The fraction of sp³-hybridized carbons (Fsp3) is 0.167. The van der Waals surface area contributed by atoms with Crippen molar-refractivity contribution >= 4 is 22.3 Å². The van der Waals surface area contributed by atoms with Gasteiger partial charge in [0.15, 0.2) is 11.5 Å². The Morgan fingerprint density at radius 3 is 2.29 bits per heavy atom. The number of nitrogens with zero attached hydrogens (tertiary/aromatic N) is 1. The minimum absolute atomic E-state index is 0.0232. The molecular formula is C18H10F6N2O2. The molecule has 2 heterocycles. The molecule has 2 aromatic carbocycles. The van der Waals surface area contributed by atoms with Crippen LogP contribution in [-0.2, 0) is 12.4 Å². The van der Waals surface area contributed by atoms with E-state index in [1.54, 1.807) is 12.1 Å². The highest BCUT2D eigenvalue weighted by Gasteiger charge is 2.35. The van der Waals surface area contributed by atoms with Gasteiger partial charge in [0.25, 0.3) is 0 Å². The van der Waals surface area contributed by atoms with Crippen molar-refractivity contribution in [2.24, 2.45) is 0 Å². The Morgan fingerprint density at radius 1 is 0.821 bits per heavy atom. The number of fused-ring (bicyclic) bond motifs is 2. The molecule has 1 aliphatic rings. The highest BCUT2D eigenvalue weighted by molar-refractivity contribution is 5.94. The van der Waals surface area contributed by atoms with Gasteiger partial charge in [-0.05, 0) is 30.3 Å². The normalized spacial score (nSPS) is 13.8. The van der Waals surface area contributed by atoms with Crippen LogP contribution in [0, 0.1) is 0 Å². The summed E-state index contributed by atoms with van der Waals surface area (Å²) in [6.07, 6.45) is -9.53. The first-order valence-electron chi connectivity index (χ1n) is 7.87. The molecule has 28 heavy (non-hydrogen) atoms. The number of hydrogen-bond donors (Lipinski definition) is 1. The fourth-order valence-electron chi connectivity index (χ4n) is 2.78. The third kappa shape index (κ3) is 3.37. The first-order chi connectivity index (χ1) is 13.1. The van der Waals surface area contributed by atoms with E-state index in [-0.39, 0.29) is 17.9 Å². The summed E-state index contributed by atoms with van der Waals surface area (Å²) in [5.41, 5.74) is -2.47. The van der Waals surface area contributed by atoms with Gasteiger partial charge in [0.1, 0.15) is 5.69 Å². The smallest absolute Gasteiger partial charge is 0.433 e. The highest BCUT2D eigenvalue weighted by atomic mass is 19.4. The van der Waals surface area contributed by atoms with Gasteiger partial charge in [0.05, 0.1) is 16.8 Å². The van der Waals surface area contributed by atoms with E-state index in [0.29, 0.717) is 23.3 Å². The van der Waals surface area contributed by atoms with Crippen molar-refractivity contribution in [2.45, 2.75) is 12.4 Å². The lowest BCUT2D eigenvalue weighted by atomic mass is 10.1. The van der Waals surface area contributed by atoms with Crippen LogP contribution in [-0.4, -0.2) is 11.8 Å². The lowest BCUT2D eigenvalue weighted by Gasteiger charge is -2.15. The summed E-state index contributed by atoms with van der Waals surface area (Å²) in [4.78, 5) is 3.37. The third-order valence-electron chi connectivity index (χ3n) is 4.08. The van der Waals surface area contributed by atoms with Gasteiger partial charge in [-0.2, -0.15) is 26.3 Å². The maximum Gasteiger partial charge on any atom is 0.433 e. The predicted octanol–water partition coefficient (Wildman–Crippen LogP) is 5.74. The Hall–Kier alpha value is -3.17. The monoisotopic (exact) mass is 400 g/mol. The number of nitrogens with one attached hydrogen (secondary N) is 1. The Labute approximate surface area is 153 Å². The summed E-state index contributed by atoms with van der Waals surface area (Å²) in [6, 6.07) is 7.86. The predicted molar refractivity (Wildman–Crippen MR) is 87.6 cm³/mol. The summed E-state index contributed by atoms with van der Waals surface area (Å²) < 4.78 is 88.8. The lowest BCUT2D eigenvalue weighted by molar-refractivity contribution is -0.140. The van der Waals surface area contributed by atoms with E-state index in [9.17, 15) is 26.3 Å². The molecule has 0 bridgehead atoms. The molecule has 1 aromatic heterocycles. The average molecular weight is 400 g/mol. The van der Waals surface area contributed by atoms with E-state index >= 15 is 0 Å². The number of hydrogen-bond acceptors (Lipinski definition) is 4. The SMILES string of the molecule is FC(F)(F)c1ccc2c(Nc3ccc4c(c3)OCO4)cc(C(F)(F)F)nc2c1. The Kier molecular flexibility index (Phi) is 4.02. The van der Waals surface area contributed by atoms with E-state index in [2.05, 4.69) is 10.3 Å². The minimum atomic E-state index is -4.83. The van der Waals surface area contributed by atoms with Crippen molar-refractivity contribution in [1.82, 2.24) is 4.98 Å². The van der Waals surface area contributed by atoms with Crippen LogP contribution in [0.5, 0.6) is 11.5 Å². The van der Waals surface area contributed by atoms with Crippen LogP contribution >= 0.6 is 0 Å². The van der Waals surface area contributed by atoms with Gasteiger partial charge in [-0.25, -0.2) is 4.98 Å². The van der Waals surface area contributed by atoms with Crippen molar-refractivity contribution < 1.29 is 35.8 Å². The van der Waals surface area contributed by atoms with Crippen LogP contribution in [0.2, 0.25) is 0 Å². The molecule has 0 fully saturated rings. The van der Waals surface area contributed by atoms with Crippen molar-refractivity contribution in [2.75, 3.05) is 12.1 Å². The molecule has 0 unspecified atom stereocenters. The molecule has 1 N–H and O–H groups in total. The van der Waals surface area contributed by atoms with E-state index in [1.807, 2.05) is 0 Å². The lowest BCUT2D eigenvalue weighted by Crippen LogP contribution is -2.10. The molecule has 10 heteroatoms. The molecule has 0 atom stereocenters. The second kappa shape index (κ2) is 6.18. The Morgan fingerprint density at radius 2 is 1.57 bits per heavy atom. The van der Waals surface area contributed by atoms with Gasteiger partial charge < -0.3 is 14.8 Å². The van der Waals surface area contributed by atoms with Crippen molar-refractivity contribution in [3.8, 4) is 11.5 Å². The molecule has 146 valence electrons. The first-order valence-corrected chi connectivity index (χ1v) is 7.87. The van der Waals surface area contributed by atoms with Crippen LogP contribution in [0.15, 0.2) is 42.5 Å².